The van der Waals surface area contributed by atoms with Crippen molar-refractivity contribution in [1.29, 1.82) is 0 Å². The van der Waals surface area contributed by atoms with E-state index in [0.717, 1.165) is 64.2 Å². The van der Waals surface area contributed by atoms with E-state index in [9.17, 15) is 9.59 Å². The van der Waals surface area contributed by atoms with Crippen molar-refractivity contribution >= 4 is 11.6 Å². The van der Waals surface area contributed by atoms with Gasteiger partial charge in [0.05, 0.1) is 0 Å². The topological polar surface area (TPSA) is 34.1 Å². The Hall–Kier alpha value is -3.52. The fourth-order valence-electron chi connectivity index (χ4n) is 6.01. The van der Waals surface area contributed by atoms with E-state index in [2.05, 4.69) is 97.9 Å². The van der Waals surface area contributed by atoms with Crippen molar-refractivity contribution in [1.82, 2.24) is 0 Å². The standard InChI is InChI=1S/C46H64O2/c1-34(2)18-12-19-35(3)20-13-21-36(4)22-14-23-37(5)24-15-25-38(6)26-16-27-39(7)28-17-29-40(8)32-33-42-41(9)45(47)43-30-10-11-31-44(43)46(42)48/h10-11,18,20,22,24,26,28,30-32H,12-17,19,21,23,25,27,29,33H2,1-9H3/b35-20+,36-22+,37-24+,38-26+,39-28-,40-32+. The van der Waals surface area contributed by atoms with E-state index >= 15 is 0 Å². The number of ketones is 2. The summed E-state index contributed by atoms with van der Waals surface area (Å²) in [4.78, 5) is 25.7. The van der Waals surface area contributed by atoms with E-state index in [-0.39, 0.29) is 11.6 Å². The van der Waals surface area contributed by atoms with Gasteiger partial charge in [-0.15, -0.1) is 0 Å². The molecule has 1 aromatic rings. The zero-order valence-corrected chi connectivity index (χ0v) is 31.9. The lowest BCUT2D eigenvalue weighted by molar-refractivity contribution is 0.0973. The van der Waals surface area contributed by atoms with Crippen LogP contribution in [0.5, 0.6) is 0 Å². The number of hydrogen-bond acceptors (Lipinski definition) is 2. The molecule has 2 nitrogen and oxygen atoms in total. The Morgan fingerprint density at radius 1 is 0.458 bits per heavy atom. The molecule has 48 heavy (non-hydrogen) atoms. The van der Waals surface area contributed by atoms with Crippen LogP contribution in [0, 0.1) is 0 Å². The van der Waals surface area contributed by atoms with Crippen LogP contribution in [0.1, 0.15) is 167 Å². The minimum absolute atomic E-state index is 0.00832. The third-order valence-electron chi connectivity index (χ3n) is 9.39. The molecule has 0 aliphatic heterocycles. The van der Waals surface area contributed by atoms with Crippen molar-refractivity contribution in [3.63, 3.8) is 0 Å². The number of rotatable bonds is 20. The zero-order valence-electron chi connectivity index (χ0n) is 31.9. The Morgan fingerprint density at radius 2 is 0.771 bits per heavy atom. The lowest BCUT2D eigenvalue weighted by Gasteiger charge is -2.18. The van der Waals surface area contributed by atoms with Crippen molar-refractivity contribution in [3.8, 4) is 0 Å². The highest BCUT2D eigenvalue weighted by atomic mass is 16.1. The summed E-state index contributed by atoms with van der Waals surface area (Å²) in [6, 6.07) is 7.15. The molecule has 1 aliphatic carbocycles. The second-order valence-electron chi connectivity index (χ2n) is 14.3. The third-order valence-corrected chi connectivity index (χ3v) is 9.39. The Bertz CT molecular complexity index is 1490. The van der Waals surface area contributed by atoms with Crippen LogP contribution < -0.4 is 0 Å². The molecule has 2 heteroatoms. The minimum atomic E-state index is -0.0228. The minimum Gasteiger partial charge on any atom is -0.289 e. The first-order valence-electron chi connectivity index (χ1n) is 18.3. The molecule has 0 aromatic heterocycles. The molecule has 2 rings (SSSR count). The summed E-state index contributed by atoms with van der Waals surface area (Å²) >= 11 is 0. The van der Waals surface area contributed by atoms with Crippen LogP contribution in [0.2, 0.25) is 0 Å². The molecule has 0 amide bonds. The number of benzene rings is 1. The lowest BCUT2D eigenvalue weighted by Crippen LogP contribution is -2.20. The molecule has 0 spiro atoms. The highest BCUT2D eigenvalue weighted by Crippen LogP contribution is 2.28. The molecule has 0 saturated carbocycles. The van der Waals surface area contributed by atoms with E-state index < -0.39 is 0 Å². The largest absolute Gasteiger partial charge is 0.289 e. The summed E-state index contributed by atoms with van der Waals surface area (Å²) in [6.45, 7) is 19.6. The molecule has 1 aromatic carbocycles. The lowest BCUT2D eigenvalue weighted by atomic mass is 9.83. The van der Waals surface area contributed by atoms with Crippen LogP contribution in [0.15, 0.2) is 117 Å². The maximum Gasteiger partial charge on any atom is 0.190 e. The quantitative estimate of drug-likeness (QED) is 0.132. The average molecular weight is 649 g/mol. The van der Waals surface area contributed by atoms with Gasteiger partial charge in [-0.3, -0.25) is 9.59 Å². The van der Waals surface area contributed by atoms with Crippen LogP contribution in [0.4, 0.5) is 0 Å². The molecule has 1 aliphatic rings. The van der Waals surface area contributed by atoms with Gasteiger partial charge in [-0.1, -0.05) is 106 Å². The Labute approximate surface area is 294 Å². The van der Waals surface area contributed by atoms with E-state index in [1.54, 1.807) is 19.1 Å². The average Bonchev–Trinajstić information content (AvgIpc) is 3.03. The van der Waals surface area contributed by atoms with Crippen molar-refractivity contribution in [2.24, 2.45) is 0 Å². The van der Waals surface area contributed by atoms with E-state index in [0.29, 0.717) is 28.7 Å². The normalized spacial score (nSPS) is 15.4. The van der Waals surface area contributed by atoms with Crippen molar-refractivity contribution in [2.75, 3.05) is 0 Å². The Balaban J connectivity index is 1.65. The van der Waals surface area contributed by atoms with Gasteiger partial charge in [0.1, 0.15) is 0 Å². The van der Waals surface area contributed by atoms with Crippen LogP contribution >= 0.6 is 0 Å². The maximum absolute atomic E-state index is 13.0. The molecule has 0 bridgehead atoms. The molecule has 0 unspecified atom stereocenters. The number of carbonyl (C=O) groups is 2. The van der Waals surface area contributed by atoms with Gasteiger partial charge in [0.2, 0.25) is 0 Å². The van der Waals surface area contributed by atoms with Gasteiger partial charge in [-0.2, -0.15) is 0 Å². The van der Waals surface area contributed by atoms with Crippen molar-refractivity contribution < 1.29 is 9.59 Å². The molecule has 260 valence electrons. The highest BCUT2D eigenvalue weighted by Gasteiger charge is 2.28. The number of fused-ring (bicyclic) bond motifs is 1. The van der Waals surface area contributed by atoms with E-state index in [1.165, 1.54) is 51.9 Å². The first-order valence-corrected chi connectivity index (χ1v) is 18.3. The summed E-state index contributed by atoms with van der Waals surface area (Å²) in [7, 11) is 0. The van der Waals surface area contributed by atoms with Gasteiger partial charge < -0.3 is 0 Å². The zero-order chi connectivity index (χ0) is 35.5. The monoisotopic (exact) mass is 648 g/mol. The third kappa shape index (κ3) is 15.6. The molecule has 0 radical (unpaired) electrons. The van der Waals surface area contributed by atoms with Gasteiger partial charge in [0, 0.05) is 22.3 Å². The summed E-state index contributed by atoms with van der Waals surface area (Å²) in [5.74, 6) is -0.0311. The number of allylic oxidation sites excluding steroid dienone is 16. The SMILES string of the molecule is CC(C)=CCC/C(C)=C/CC/C(C)=C/CC/C(C)=C/CC/C(C)=C/CC/C(C)=C\CC/C(C)=C/CC1=C(C)C(=O)c2ccccc2C1=O. The molecular formula is C46H64O2. The maximum atomic E-state index is 13.0. The fraction of sp³-hybridized carbons (Fsp3) is 0.478. The molecule has 0 fully saturated rings. The van der Waals surface area contributed by atoms with Crippen LogP contribution in [-0.4, -0.2) is 11.6 Å². The van der Waals surface area contributed by atoms with Gasteiger partial charge in [0.15, 0.2) is 11.6 Å². The Kier molecular flexibility index (Phi) is 18.8. The summed E-state index contributed by atoms with van der Waals surface area (Å²) < 4.78 is 0. The number of carbonyl (C=O) groups excluding carboxylic acids is 2. The molecule has 0 atom stereocenters. The second-order valence-corrected chi connectivity index (χ2v) is 14.3. The molecule has 0 heterocycles. The van der Waals surface area contributed by atoms with Gasteiger partial charge in [0.25, 0.3) is 0 Å². The number of hydrogen-bond donors (Lipinski definition) is 0. The fourth-order valence-corrected chi connectivity index (χ4v) is 6.01. The summed E-state index contributed by atoms with van der Waals surface area (Å²) in [5, 5.41) is 0. The predicted molar refractivity (Wildman–Crippen MR) is 210 cm³/mol. The van der Waals surface area contributed by atoms with Gasteiger partial charge in [-0.25, -0.2) is 0 Å². The van der Waals surface area contributed by atoms with Gasteiger partial charge in [-0.05, 0) is 146 Å². The molecule has 0 N–H and O–H groups in total. The first kappa shape index (κ1) is 40.7. The molecule has 0 saturated heterocycles. The second kappa shape index (κ2) is 22.2. The van der Waals surface area contributed by atoms with Crippen LogP contribution in [-0.2, 0) is 0 Å². The predicted octanol–water partition coefficient (Wildman–Crippen LogP) is 14.1. The van der Waals surface area contributed by atoms with Crippen LogP contribution in [0.3, 0.4) is 0 Å². The van der Waals surface area contributed by atoms with E-state index in [1.807, 2.05) is 12.1 Å². The van der Waals surface area contributed by atoms with Crippen molar-refractivity contribution in [3.05, 3.63) is 128 Å². The highest BCUT2D eigenvalue weighted by molar-refractivity contribution is 6.26. The van der Waals surface area contributed by atoms with Crippen LogP contribution in [0.25, 0.3) is 0 Å². The smallest absolute Gasteiger partial charge is 0.190 e. The summed E-state index contributed by atoms with van der Waals surface area (Å²) in [6.07, 6.45) is 30.4. The van der Waals surface area contributed by atoms with Crippen molar-refractivity contribution in [2.45, 2.75) is 146 Å². The van der Waals surface area contributed by atoms with E-state index in [4.69, 9.17) is 0 Å². The summed E-state index contributed by atoms with van der Waals surface area (Å²) in [5.41, 5.74) is 12.4. The van der Waals surface area contributed by atoms with Gasteiger partial charge >= 0.3 is 0 Å². The molecular weight excluding hydrogens is 585 g/mol. The number of Topliss-reactive ketones (excluding diaryl/α,β-unsaturated/α-hetero) is 2. The Morgan fingerprint density at radius 3 is 1.12 bits per heavy atom. The first-order chi connectivity index (χ1) is 22.9.